The van der Waals surface area contributed by atoms with E-state index in [-0.39, 0.29) is 0 Å². The molecule has 1 aliphatic rings. The number of aliphatic carboxylic acids is 1. The molecule has 17 heavy (non-hydrogen) atoms. The predicted octanol–water partition coefficient (Wildman–Crippen LogP) is 3.89. The van der Waals surface area contributed by atoms with Gasteiger partial charge in [-0.05, 0) is 42.7 Å². The number of hydrogen-bond acceptors (Lipinski definition) is 2. The molecule has 0 spiro atoms. The molecule has 0 amide bonds. The molecule has 2 rings (SSSR count). The first-order valence-electron chi connectivity index (χ1n) is 5.35. The highest BCUT2D eigenvalue weighted by Crippen LogP contribution is 2.41. The first-order chi connectivity index (χ1) is 8.03. The summed E-state index contributed by atoms with van der Waals surface area (Å²) in [4.78, 5) is 11.4. The quantitative estimate of drug-likeness (QED) is 0.918. The monoisotopic (exact) mass is 290 g/mol. The zero-order valence-corrected chi connectivity index (χ0v) is 11.4. The summed E-state index contributed by atoms with van der Waals surface area (Å²) in [6, 6.07) is 5.32. The number of benzene rings is 1. The summed E-state index contributed by atoms with van der Waals surface area (Å²) in [6.07, 6.45) is 2.18. The van der Waals surface area contributed by atoms with Gasteiger partial charge in [0.05, 0.1) is 10.0 Å². The Morgan fingerprint density at radius 3 is 2.71 bits per heavy atom. The minimum atomic E-state index is -0.730. The highest BCUT2D eigenvalue weighted by molar-refractivity contribution is 8.01. The lowest BCUT2D eigenvalue weighted by Gasteiger charge is -2.23. The van der Waals surface area contributed by atoms with Gasteiger partial charge in [-0.25, -0.2) is 0 Å². The fraction of sp³-hybridized carbons (Fsp3) is 0.417. The second-order valence-electron chi connectivity index (χ2n) is 4.18. The smallest absolute Gasteiger partial charge is 0.320 e. The van der Waals surface area contributed by atoms with Crippen LogP contribution in [0, 0.1) is 0 Å². The van der Waals surface area contributed by atoms with Crippen LogP contribution in [0.15, 0.2) is 18.2 Å². The van der Waals surface area contributed by atoms with Crippen molar-refractivity contribution in [3.63, 3.8) is 0 Å². The number of carboxylic acid groups (broad SMARTS) is 1. The van der Waals surface area contributed by atoms with E-state index in [2.05, 4.69) is 0 Å². The van der Waals surface area contributed by atoms with Crippen molar-refractivity contribution in [2.45, 2.75) is 24.0 Å². The van der Waals surface area contributed by atoms with Crippen LogP contribution < -0.4 is 0 Å². The van der Waals surface area contributed by atoms with Crippen LogP contribution in [0.2, 0.25) is 10.0 Å². The first-order valence-corrected chi connectivity index (χ1v) is 7.09. The second kappa shape index (κ2) is 5.09. The number of halogens is 2. The van der Waals surface area contributed by atoms with E-state index in [0.717, 1.165) is 17.7 Å². The first kappa shape index (κ1) is 13.1. The van der Waals surface area contributed by atoms with Crippen molar-refractivity contribution in [2.75, 3.05) is 5.75 Å². The molecule has 1 heterocycles. The zero-order chi connectivity index (χ0) is 12.5. The largest absolute Gasteiger partial charge is 0.480 e. The standard InChI is InChI=1S/C12H12Cl2O2S/c13-9-3-2-8(6-10(9)14)7-12(11(15)16)4-1-5-17-12/h2-3,6H,1,4-5,7H2,(H,15,16). The van der Waals surface area contributed by atoms with E-state index >= 15 is 0 Å². The number of rotatable bonds is 3. The van der Waals surface area contributed by atoms with Gasteiger partial charge in [-0.15, -0.1) is 11.8 Å². The van der Waals surface area contributed by atoms with Crippen LogP contribution in [-0.4, -0.2) is 21.6 Å². The van der Waals surface area contributed by atoms with Gasteiger partial charge in [0.25, 0.3) is 0 Å². The Labute approximate surface area is 114 Å². The van der Waals surface area contributed by atoms with E-state index in [1.165, 1.54) is 11.8 Å². The van der Waals surface area contributed by atoms with Gasteiger partial charge in [0.1, 0.15) is 4.75 Å². The Hall–Kier alpha value is -0.380. The highest BCUT2D eigenvalue weighted by atomic mass is 35.5. The number of hydrogen-bond donors (Lipinski definition) is 1. The normalized spacial score (nSPS) is 23.9. The van der Waals surface area contributed by atoms with Crippen LogP contribution in [0.5, 0.6) is 0 Å². The third-order valence-corrected chi connectivity index (χ3v) is 5.27. The minimum Gasteiger partial charge on any atom is -0.480 e. The topological polar surface area (TPSA) is 37.3 Å². The fourth-order valence-corrected chi connectivity index (χ4v) is 3.74. The van der Waals surface area contributed by atoms with Crippen LogP contribution >= 0.6 is 35.0 Å². The summed E-state index contributed by atoms with van der Waals surface area (Å²) in [6.45, 7) is 0. The fourth-order valence-electron chi connectivity index (χ4n) is 2.06. The molecule has 1 aromatic rings. The van der Waals surface area contributed by atoms with Crippen molar-refractivity contribution in [1.82, 2.24) is 0 Å². The molecule has 0 saturated carbocycles. The molecule has 1 saturated heterocycles. The summed E-state index contributed by atoms with van der Waals surface area (Å²) in [5.41, 5.74) is 0.927. The predicted molar refractivity (Wildman–Crippen MR) is 72.2 cm³/mol. The van der Waals surface area contributed by atoms with Gasteiger partial charge in [-0.3, -0.25) is 4.79 Å². The molecule has 1 atom stereocenters. The van der Waals surface area contributed by atoms with Crippen molar-refractivity contribution < 1.29 is 9.90 Å². The third-order valence-electron chi connectivity index (χ3n) is 2.97. The third kappa shape index (κ3) is 2.72. The summed E-state index contributed by atoms with van der Waals surface area (Å²) >= 11 is 13.3. The summed E-state index contributed by atoms with van der Waals surface area (Å²) in [5.74, 6) is 0.180. The lowest BCUT2D eigenvalue weighted by molar-refractivity contribution is -0.139. The molecule has 1 aromatic carbocycles. The van der Waals surface area contributed by atoms with Gasteiger partial charge in [0, 0.05) is 0 Å². The summed E-state index contributed by atoms with van der Waals surface area (Å²) < 4.78 is -0.683. The average molecular weight is 291 g/mol. The molecule has 0 aliphatic carbocycles. The molecule has 0 bridgehead atoms. The van der Waals surface area contributed by atoms with Crippen LogP contribution in [-0.2, 0) is 11.2 Å². The van der Waals surface area contributed by atoms with Crippen molar-refractivity contribution in [3.05, 3.63) is 33.8 Å². The summed E-state index contributed by atoms with van der Waals surface area (Å²) in [5, 5.41) is 10.3. The molecule has 1 aliphatic heterocycles. The van der Waals surface area contributed by atoms with Crippen molar-refractivity contribution in [1.29, 1.82) is 0 Å². The molecule has 1 fully saturated rings. The highest BCUT2D eigenvalue weighted by Gasteiger charge is 2.42. The van der Waals surface area contributed by atoms with Crippen LogP contribution in [0.25, 0.3) is 0 Å². The van der Waals surface area contributed by atoms with Gasteiger partial charge >= 0.3 is 5.97 Å². The average Bonchev–Trinajstić information content (AvgIpc) is 2.73. The van der Waals surface area contributed by atoms with E-state index in [1.807, 2.05) is 6.07 Å². The number of carboxylic acids is 1. The van der Waals surface area contributed by atoms with Crippen molar-refractivity contribution in [3.8, 4) is 0 Å². The lowest BCUT2D eigenvalue weighted by atomic mass is 9.94. The van der Waals surface area contributed by atoms with E-state index in [1.54, 1.807) is 12.1 Å². The SMILES string of the molecule is O=C(O)C1(Cc2ccc(Cl)c(Cl)c2)CCCS1. The number of carbonyl (C=O) groups is 1. The molecule has 1 unspecified atom stereocenters. The molecule has 0 aromatic heterocycles. The summed E-state index contributed by atoms with van der Waals surface area (Å²) in [7, 11) is 0. The Morgan fingerprint density at radius 1 is 1.41 bits per heavy atom. The zero-order valence-electron chi connectivity index (χ0n) is 9.08. The van der Waals surface area contributed by atoms with Gasteiger partial charge in [0.15, 0.2) is 0 Å². The molecule has 2 nitrogen and oxygen atoms in total. The van der Waals surface area contributed by atoms with Crippen molar-refractivity contribution in [2.24, 2.45) is 0 Å². The van der Waals surface area contributed by atoms with E-state index in [9.17, 15) is 9.90 Å². The van der Waals surface area contributed by atoms with Gasteiger partial charge in [-0.1, -0.05) is 29.3 Å². The molecule has 5 heteroatoms. The van der Waals surface area contributed by atoms with E-state index in [4.69, 9.17) is 23.2 Å². The van der Waals surface area contributed by atoms with Crippen molar-refractivity contribution >= 4 is 40.9 Å². The molecule has 0 radical (unpaired) electrons. The molecular formula is C12H12Cl2O2S. The minimum absolute atomic E-state index is 0.479. The van der Waals surface area contributed by atoms with Crippen LogP contribution in [0.1, 0.15) is 18.4 Å². The number of thioether (sulfide) groups is 1. The second-order valence-corrected chi connectivity index (χ2v) is 6.47. The molecular weight excluding hydrogens is 279 g/mol. The maximum absolute atomic E-state index is 11.4. The molecule has 92 valence electrons. The Kier molecular flexibility index (Phi) is 3.91. The Morgan fingerprint density at radius 2 is 2.18 bits per heavy atom. The van der Waals surface area contributed by atoms with E-state index < -0.39 is 10.7 Å². The lowest BCUT2D eigenvalue weighted by Crippen LogP contribution is -2.34. The van der Waals surface area contributed by atoms with Crippen LogP contribution in [0.4, 0.5) is 0 Å². The van der Waals surface area contributed by atoms with Crippen LogP contribution in [0.3, 0.4) is 0 Å². The Bertz CT molecular complexity index is 442. The molecule has 1 N–H and O–H groups in total. The van der Waals surface area contributed by atoms with Gasteiger partial charge in [-0.2, -0.15) is 0 Å². The maximum Gasteiger partial charge on any atom is 0.320 e. The maximum atomic E-state index is 11.4. The van der Waals surface area contributed by atoms with Gasteiger partial charge < -0.3 is 5.11 Å². The Balaban J connectivity index is 2.23. The van der Waals surface area contributed by atoms with E-state index in [0.29, 0.717) is 22.9 Å². The van der Waals surface area contributed by atoms with Gasteiger partial charge in [0.2, 0.25) is 0 Å².